The molecule has 1 nitrogen and oxygen atoms in total. The van der Waals surface area contributed by atoms with Crippen molar-refractivity contribution in [3.8, 4) is 11.3 Å². The highest BCUT2D eigenvalue weighted by Gasteiger charge is 2.20. The lowest BCUT2D eigenvalue weighted by molar-refractivity contribution is -0.661. The normalized spacial score (nSPS) is 11.7. The van der Waals surface area contributed by atoms with Gasteiger partial charge in [-0.15, -0.1) is 0 Å². The molecule has 0 spiro atoms. The number of rotatable bonds is 1. The van der Waals surface area contributed by atoms with Crippen molar-refractivity contribution >= 4 is 0 Å². The van der Waals surface area contributed by atoms with Gasteiger partial charge in [0, 0.05) is 17.2 Å². The molecule has 0 aliphatic rings. The van der Waals surface area contributed by atoms with Crippen LogP contribution in [0.5, 0.6) is 0 Å². The number of benzene rings is 1. The first kappa shape index (κ1) is 13.7. The van der Waals surface area contributed by atoms with Crippen LogP contribution in [0.25, 0.3) is 11.3 Å². The summed E-state index contributed by atoms with van der Waals surface area (Å²) >= 11 is 0. The fraction of sp³-hybridized carbons (Fsp3) is 0.353. The molecule has 0 aliphatic heterocycles. The SMILES string of the molecule is Cc1cc(F)ccc1-c1ccc(C(C)(C)C)c[n+]1C. The Hall–Kier alpha value is -1.70. The van der Waals surface area contributed by atoms with Gasteiger partial charge in [-0.3, -0.25) is 0 Å². The van der Waals surface area contributed by atoms with E-state index in [1.807, 2.05) is 20.0 Å². The predicted octanol–water partition coefficient (Wildman–Crippen LogP) is 3.92. The number of halogens is 1. The van der Waals surface area contributed by atoms with Crippen molar-refractivity contribution in [1.82, 2.24) is 0 Å². The third-order valence-corrected chi connectivity index (χ3v) is 3.46. The fourth-order valence-corrected chi connectivity index (χ4v) is 2.25. The number of aromatic nitrogens is 1. The molecule has 1 heterocycles. The molecule has 0 radical (unpaired) electrons. The molecule has 0 bridgehead atoms. The molecule has 2 aromatic rings. The van der Waals surface area contributed by atoms with Crippen LogP contribution in [0.4, 0.5) is 4.39 Å². The molecular weight excluding hydrogens is 237 g/mol. The minimum atomic E-state index is -0.185. The first-order chi connectivity index (χ1) is 8.79. The summed E-state index contributed by atoms with van der Waals surface area (Å²) in [7, 11) is 2.04. The molecule has 2 heteroatoms. The molecule has 19 heavy (non-hydrogen) atoms. The minimum Gasteiger partial charge on any atom is -0.207 e. The first-order valence-electron chi connectivity index (χ1n) is 6.56. The van der Waals surface area contributed by atoms with Crippen molar-refractivity contribution < 1.29 is 8.96 Å². The van der Waals surface area contributed by atoms with Gasteiger partial charge in [0.2, 0.25) is 5.69 Å². The maximum absolute atomic E-state index is 13.2. The van der Waals surface area contributed by atoms with E-state index in [-0.39, 0.29) is 11.2 Å². The molecular formula is C17H21FN+. The van der Waals surface area contributed by atoms with Crippen LogP contribution in [0.3, 0.4) is 0 Å². The Bertz CT molecular complexity index is 609. The molecule has 0 amide bonds. The summed E-state index contributed by atoms with van der Waals surface area (Å²) in [5.74, 6) is -0.185. The van der Waals surface area contributed by atoms with Crippen molar-refractivity contribution in [1.29, 1.82) is 0 Å². The van der Waals surface area contributed by atoms with Crippen molar-refractivity contribution in [3.05, 3.63) is 53.5 Å². The van der Waals surface area contributed by atoms with Crippen LogP contribution < -0.4 is 4.57 Å². The van der Waals surface area contributed by atoms with Crippen LogP contribution >= 0.6 is 0 Å². The topological polar surface area (TPSA) is 3.88 Å². The van der Waals surface area contributed by atoms with Crippen molar-refractivity contribution in [3.63, 3.8) is 0 Å². The molecule has 0 saturated heterocycles. The van der Waals surface area contributed by atoms with Crippen LogP contribution in [-0.2, 0) is 12.5 Å². The van der Waals surface area contributed by atoms with E-state index in [0.29, 0.717) is 0 Å². The second-order valence-electron chi connectivity index (χ2n) is 6.12. The number of aryl methyl sites for hydroxylation is 2. The highest BCUT2D eigenvalue weighted by Crippen LogP contribution is 2.25. The van der Waals surface area contributed by atoms with Crippen LogP contribution in [0.2, 0.25) is 0 Å². The second kappa shape index (κ2) is 4.76. The standard InChI is InChI=1S/C17H21FN/c1-12-10-14(18)7-8-15(12)16-9-6-13(11-19(16)5)17(2,3)4/h6-11H,1-5H3/q+1. The third-order valence-electron chi connectivity index (χ3n) is 3.46. The van der Waals surface area contributed by atoms with Crippen LogP contribution in [0, 0.1) is 12.7 Å². The summed E-state index contributed by atoms with van der Waals surface area (Å²) in [6.45, 7) is 8.54. The Balaban J connectivity index is 2.52. The molecule has 0 atom stereocenters. The van der Waals surface area contributed by atoms with Crippen molar-refractivity contribution in [2.24, 2.45) is 7.05 Å². The van der Waals surface area contributed by atoms with E-state index in [4.69, 9.17) is 0 Å². The summed E-state index contributed by atoms with van der Waals surface area (Å²) in [6, 6.07) is 9.20. The van der Waals surface area contributed by atoms with Crippen LogP contribution in [-0.4, -0.2) is 0 Å². The summed E-state index contributed by atoms with van der Waals surface area (Å²) in [5, 5.41) is 0. The van der Waals surface area contributed by atoms with Crippen LogP contribution in [0.1, 0.15) is 31.9 Å². The van der Waals surface area contributed by atoms with Gasteiger partial charge in [0.15, 0.2) is 6.20 Å². The Morgan fingerprint density at radius 2 is 1.74 bits per heavy atom. The highest BCUT2D eigenvalue weighted by molar-refractivity contribution is 5.60. The molecule has 0 aliphatic carbocycles. The predicted molar refractivity (Wildman–Crippen MR) is 76.4 cm³/mol. The van der Waals surface area contributed by atoms with E-state index in [0.717, 1.165) is 16.8 Å². The van der Waals surface area contributed by atoms with Gasteiger partial charge in [-0.1, -0.05) is 20.8 Å². The minimum absolute atomic E-state index is 0.133. The molecule has 1 aromatic heterocycles. The lowest BCUT2D eigenvalue weighted by atomic mass is 9.88. The zero-order valence-corrected chi connectivity index (χ0v) is 12.3. The van der Waals surface area contributed by atoms with E-state index >= 15 is 0 Å². The number of pyridine rings is 1. The van der Waals surface area contributed by atoms with Gasteiger partial charge in [0.1, 0.15) is 12.9 Å². The Morgan fingerprint density at radius 3 is 2.26 bits per heavy atom. The molecule has 0 fully saturated rings. The smallest absolute Gasteiger partial charge is 0.207 e. The van der Waals surface area contributed by atoms with Crippen molar-refractivity contribution in [2.75, 3.05) is 0 Å². The fourth-order valence-electron chi connectivity index (χ4n) is 2.25. The van der Waals surface area contributed by atoms with Crippen LogP contribution in [0.15, 0.2) is 36.5 Å². The highest BCUT2D eigenvalue weighted by atomic mass is 19.1. The van der Waals surface area contributed by atoms with Gasteiger partial charge in [-0.25, -0.2) is 8.96 Å². The lowest BCUT2D eigenvalue weighted by Crippen LogP contribution is -2.33. The second-order valence-corrected chi connectivity index (χ2v) is 6.12. The van der Waals surface area contributed by atoms with Gasteiger partial charge in [0.05, 0.1) is 0 Å². The lowest BCUT2D eigenvalue weighted by Gasteiger charge is -2.17. The quantitative estimate of drug-likeness (QED) is 0.682. The monoisotopic (exact) mass is 258 g/mol. The molecule has 2 rings (SSSR count). The van der Waals surface area contributed by atoms with E-state index in [9.17, 15) is 4.39 Å². The van der Waals surface area contributed by atoms with Gasteiger partial charge < -0.3 is 0 Å². The average molecular weight is 258 g/mol. The maximum Gasteiger partial charge on any atom is 0.212 e. The number of hydrogen-bond acceptors (Lipinski definition) is 0. The first-order valence-corrected chi connectivity index (χ1v) is 6.56. The molecule has 100 valence electrons. The largest absolute Gasteiger partial charge is 0.212 e. The molecule has 1 aromatic carbocycles. The van der Waals surface area contributed by atoms with Crippen molar-refractivity contribution in [2.45, 2.75) is 33.1 Å². The summed E-state index contributed by atoms with van der Waals surface area (Å²) < 4.78 is 15.3. The summed E-state index contributed by atoms with van der Waals surface area (Å²) in [5.41, 5.74) is 4.56. The average Bonchev–Trinajstić information content (AvgIpc) is 2.28. The number of hydrogen-bond donors (Lipinski definition) is 0. The zero-order valence-electron chi connectivity index (χ0n) is 12.3. The summed E-state index contributed by atoms with van der Waals surface area (Å²) in [6.07, 6.45) is 2.15. The maximum atomic E-state index is 13.2. The Labute approximate surface area is 114 Å². The van der Waals surface area contributed by atoms with Gasteiger partial charge in [-0.05, 0) is 42.2 Å². The summed E-state index contributed by atoms with van der Waals surface area (Å²) in [4.78, 5) is 0. The Kier molecular flexibility index (Phi) is 3.44. The van der Waals surface area contributed by atoms with E-state index in [1.54, 1.807) is 6.07 Å². The van der Waals surface area contributed by atoms with E-state index in [1.165, 1.54) is 11.6 Å². The van der Waals surface area contributed by atoms with Gasteiger partial charge in [-0.2, -0.15) is 0 Å². The van der Waals surface area contributed by atoms with Gasteiger partial charge in [0.25, 0.3) is 0 Å². The molecule has 0 unspecified atom stereocenters. The third kappa shape index (κ3) is 2.83. The van der Waals surface area contributed by atoms with E-state index < -0.39 is 0 Å². The Morgan fingerprint density at radius 1 is 1.05 bits per heavy atom. The zero-order chi connectivity index (χ0) is 14.2. The molecule has 0 saturated carbocycles. The number of nitrogens with zero attached hydrogens (tertiary/aromatic N) is 1. The molecule has 0 N–H and O–H groups in total. The van der Waals surface area contributed by atoms with Gasteiger partial charge >= 0.3 is 0 Å². The van der Waals surface area contributed by atoms with E-state index in [2.05, 4.69) is 43.7 Å².